The molecule has 0 heterocycles. The molecule has 10 heavy (non-hydrogen) atoms. The van der Waals surface area contributed by atoms with Gasteiger partial charge in [0.1, 0.15) is 5.76 Å². The van der Waals surface area contributed by atoms with Gasteiger partial charge in [0.2, 0.25) is 0 Å². The minimum atomic E-state index is 0.276. The summed E-state index contributed by atoms with van der Waals surface area (Å²) in [5.41, 5.74) is 0. The highest BCUT2D eigenvalue weighted by atomic mass is 32.1. The van der Waals surface area contributed by atoms with Crippen molar-refractivity contribution in [1.82, 2.24) is 0 Å². The van der Waals surface area contributed by atoms with E-state index in [0.29, 0.717) is 4.91 Å². The van der Waals surface area contributed by atoms with E-state index in [1.807, 2.05) is 0 Å². The predicted molar refractivity (Wildman–Crippen MR) is 43.1 cm³/mol. The van der Waals surface area contributed by atoms with Gasteiger partial charge in [-0.2, -0.15) is 0 Å². The Morgan fingerprint density at radius 1 is 1.50 bits per heavy atom. The topological polar surface area (TPSA) is 33.0 Å². The van der Waals surface area contributed by atoms with Crippen LogP contribution in [0.4, 0.5) is 0 Å². The first-order chi connectivity index (χ1) is 4.66. The van der Waals surface area contributed by atoms with Crippen LogP contribution in [0.3, 0.4) is 0 Å². The summed E-state index contributed by atoms with van der Waals surface area (Å²) in [7, 11) is 0. The van der Waals surface area contributed by atoms with Gasteiger partial charge in [-0.3, -0.25) is 0 Å². The maximum atomic E-state index is 7.99. The molecule has 0 fully saturated rings. The van der Waals surface area contributed by atoms with Crippen molar-refractivity contribution in [3.05, 3.63) is 36.0 Å². The third-order valence-corrected chi connectivity index (χ3v) is 0.787. The van der Waals surface area contributed by atoms with Gasteiger partial charge in [-0.25, -0.2) is 0 Å². The standard InChI is InChI=1S/C7H7NOS/c1-6(9-5-8)3-4-7(2)10/h3-4,10H,1-2H2/b4-3-. The van der Waals surface area contributed by atoms with E-state index >= 15 is 0 Å². The first kappa shape index (κ1) is 8.86. The Labute approximate surface area is 65.5 Å². The van der Waals surface area contributed by atoms with Crippen molar-refractivity contribution < 1.29 is 4.74 Å². The second kappa shape index (κ2) is 4.71. The summed E-state index contributed by atoms with van der Waals surface area (Å²) in [4.78, 5) is 0.586. The van der Waals surface area contributed by atoms with Crippen molar-refractivity contribution in [3.8, 4) is 6.26 Å². The van der Waals surface area contributed by atoms with Crippen LogP contribution >= 0.6 is 12.6 Å². The SMILES string of the molecule is C=C(S)/C=C\C(=C)OC#N. The molecule has 0 aliphatic heterocycles. The molecule has 0 N–H and O–H groups in total. The molecule has 3 heteroatoms. The Bertz CT molecular complexity index is 212. The summed E-state index contributed by atoms with van der Waals surface area (Å²) >= 11 is 3.88. The fourth-order valence-corrected chi connectivity index (χ4v) is 0.356. The number of allylic oxidation sites excluding steroid dienone is 2. The smallest absolute Gasteiger partial charge is 0.292 e. The summed E-state index contributed by atoms with van der Waals surface area (Å²) in [5.74, 6) is 0.276. The summed E-state index contributed by atoms with van der Waals surface area (Å²) in [5, 5.41) is 7.99. The average Bonchev–Trinajstić information content (AvgIpc) is 1.85. The van der Waals surface area contributed by atoms with Gasteiger partial charge < -0.3 is 4.74 Å². The van der Waals surface area contributed by atoms with Crippen LogP contribution in [0.15, 0.2) is 36.0 Å². The van der Waals surface area contributed by atoms with Crippen LogP contribution in [-0.4, -0.2) is 0 Å². The summed E-state index contributed by atoms with van der Waals surface area (Å²) < 4.78 is 4.34. The molecule has 0 saturated carbocycles. The normalized spacial score (nSPS) is 8.80. The Morgan fingerprint density at radius 2 is 2.10 bits per heavy atom. The fourth-order valence-electron chi connectivity index (χ4n) is 0.282. The van der Waals surface area contributed by atoms with Crippen molar-refractivity contribution in [3.63, 3.8) is 0 Å². The number of thiol groups is 1. The number of nitriles is 1. The fraction of sp³-hybridized carbons (Fsp3) is 0. The van der Waals surface area contributed by atoms with Crippen molar-refractivity contribution in [2.45, 2.75) is 0 Å². The molecule has 0 bridgehead atoms. The van der Waals surface area contributed by atoms with E-state index in [1.54, 1.807) is 6.08 Å². The van der Waals surface area contributed by atoms with Crippen LogP contribution in [-0.2, 0) is 4.74 Å². The van der Waals surface area contributed by atoms with E-state index in [0.717, 1.165) is 0 Å². The van der Waals surface area contributed by atoms with E-state index in [9.17, 15) is 0 Å². The van der Waals surface area contributed by atoms with Gasteiger partial charge in [-0.15, -0.1) is 17.9 Å². The lowest BCUT2D eigenvalue weighted by atomic mass is 10.4. The molecule has 0 aliphatic carbocycles. The molecular weight excluding hydrogens is 146 g/mol. The molecule has 0 unspecified atom stereocenters. The highest BCUT2D eigenvalue weighted by molar-refractivity contribution is 7.84. The van der Waals surface area contributed by atoms with Gasteiger partial charge in [0.25, 0.3) is 6.26 Å². The van der Waals surface area contributed by atoms with Crippen molar-refractivity contribution >= 4 is 12.6 Å². The number of hydrogen-bond donors (Lipinski definition) is 1. The molecule has 2 nitrogen and oxygen atoms in total. The van der Waals surface area contributed by atoms with Gasteiger partial charge in [0, 0.05) is 0 Å². The van der Waals surface area contributed by atoms with Crippen molar-refractivity contribution in [1.29, 1.82) is 5.26 Å². The van der Waals surface area contributed by atoms with Gasteiger partial charge in [-0.1, -0.05) is 13.2 Å². The Kier molecular flexibility index (Phi) is 4.17. The van der Waals surface area contributed by atoms with E-state index in [-0.39, 0.29) is 5.76 Å². The quantitative estimate of drug-likeness (QED) is 0.291. The summed E-state index contributed by atoms with van der Waals surface area (Å²) in [6.45, 7) is 6.89. The molecule has 0 amide bonds. The minimum absolute atomic E-state index is 0.276. The molecule has 0 atom stereocenters. The Hall–Kier alpha value is -1.14. The van der Waals surface area contributed by atoms with Crippen LogP contribution in [0, 0.1) is 11.5 Å². The molecule has 0 aliphatic rings. The third kappa shape index (κ3) is 5.01. The van der Waals surface area contributed by atoms with Crippen molar-refractivity contribution in [2.75, 3.05) is 0 Å². The predicted octanol–water partition coefficient (Wildman–Crippen LogP) is 2.00. The molecule has 0 saturated heterocycles. The van der Waals surface area contributed by atoms with Crippen molar-refractivity contribution in [2.24, 2.45) is 0 Å². The number of hydrogen-bond acceptors (Lipinski definition) is 3. The van der Waals surface area contributed by atoms with Gasteiger partial charge in [-0.05, 0) is 17.1 Å². The first-order valence-electron chi connectivity index (χ1n) is 2.47. The third-order valence-electron chi connectivity index (χ3n) is 0.638. The van der Waals surface area contributed by atoms with Crippen LogP contribution in [0.5, 0.6) is 0 Å². The molecule has 0 spiro atoms. The molecule has 52 valence electrons. The van der Waals surface area contributed by atoms with E-state index in [1.165, 1.54) is 12.3 Å². The van der Waals surface area contributed by atoms with Gasteiger partial charge in [0.15, 0.2) is 0 Å². The molecule has 0 rings (SSSR count). The van der Waals surface area contributed by atoms with Crippen LogP contribution in [0.1, 0.15) is 0 Å². The molecule has 0 aromatic carbocycles. The zero-order chi connectivity index (χ0) is 7.98. The maximum absolute atomic E-state index is 7.99. The first-order valence-corrected chi connectivity index (χ1v) is 2.92. The van der Waals surface area contributed by atoms with E-state index in [4.69, 9.17) is 5.26 Å². The van der Waals surface area contributed by atoms with Gasteiger partial charge >= 0.3 is 0 Å². The highest BCUT2D eigenvalue weighted by Gasteiger charge is 1.84. The lowest BCUT2D eigenvalue weighted by Crippen LogP contribution is -1.75. The molecular formula is C7H7NOS. The molecule has 0 aromatic heterocycles. The monoisotopic (exact) mass is 153 g/mol. The zero-order valence-corrected chi connectivity index (χ0v) is 6.27. The Balaban J connectivity index is 3.81. The zero-order valence-electron chi connectivity index (χ0n) is 5.37. The lowest BCUT2D eigenvalue weighted by Gasteiger charge is -1.89. The van der Waals surface area contributed by atoms with E-state index in [2.05, 4.69) is 30.5 Å². The summed E-state index contributed by atoms with van der Waals surface area (Å²) in [6, 6.07) is 0. The van der Waals surface area contributed by atoms with Crippen LogP contribution < -0.4 is 0 Å². The second-order valence-corrected chi connectivity index (χ2v) is 2.06. The van der Waals surface area contributed by atoms with Crippen LogP contribution in [0.2, 0.25) is 0 Å². The van der Waals surface area contributed by atoms with E-state index < -0.39 is 0 Å². The largest absolute Gasteiger partial charge is 0.389 e. The summed E-state index contributed by atoms with van der Waals surface area (Å²) in [6.07, 6.45) is 4.58. The minimum Gasteiger partial charge on any atom is -0.389 e. The molecule has 0 radical (unpaired) electrons. The second-order valence-electron chi connectivity index (χ2n) is 1.48. The average molecular weight is 153 g/mol. The lowest BCUT2D eigenvalue weighted by molar-refractivity contribution is 0.395. The van der Waals surface area contributed by atoms with Gasteiger partial charge in [0.05, 0.1) is 0 Å². The maximum Gasteiger partial charge on any atom is 0.292 e. The molecule has 0 aromatic rings. The van der Waals surface area contributed by atoms with Crippen LogP contribution in [0.25, 0.3) is 0 Å². The number of rotatable bonds is 3. The highest BCUT2D eigenvalue weighted by Crippen LogP contribution is 2.01. The number of nitrogens with zero attached hydrogens (tertiary/aromatic N) is 1. The number of ether oxygens (including phenoxy) is 1. The Morgan fingerprint density at radius 3 is 2.50 bits per heavy atom.